The van der Waals surface area contributed by atoms with Gasteiger partial charge in [0.05, 0.1) is 5.56 Å². The zero-order valence-electron chi connectivity index (χ0n) is 20.5. The molecule has 6 nitrogen and oxygen atoms in total. The molecule has 0 bridgehead atoms. The predicted octanol–water partition coefficient (Wildman–Crippen LogP) is 5.33. The van der Waals surface area contributed by atoms with Crippen LogP contribution in [-0.2, 0) is 10.5 Å². The number of nitrogens with one attached hydrogen (secondary N) is 2. The molecule has 2 N–H and O–H groups in total. The van der Waals surface area contributed by atoms with Gasteiger partial charge in [0, 0.05) is 49.1 Å². The van der Waals surface area contributed by atoms with E-state index in [1.807, 2.05) is 61.5 Å². The summed E-state index contributed by atoms with van der Waals surface area (Å²) in [6.07, 6.45) is 1.20. The topological polar surface area (TPSA) is 78.1 Å². The lowest BCUT2D eigenvalue weighted by Crippen LogP contribution is -2.37. The largest absolute Gasteiger partial charge is 0.378 e. The number of hydrogen-bond acceptors (Lipinski definition) is 6. The van der Waals surface area contributed by atoms with Gasteiger partial charge in [-0.1, -0.05) is 68.1 Å². The highest BCUT2D eigenvalue weighted by Gasteiger charge is 2.42. The molecule has 1 aliphatic carbocycles. The number of carbonyl (C=O) groups is 1. The van der Waals surface area contributed by atoms with Crippen molar-refractivity contribution in [1.29, 1.82) is 0 Å². The molecule has 180 valence electrons. The molecule has 0 spiro atoms. The molecule has 2 heterocycles. The lowest BCUT2D eigenvalue weighted by Gasteiger charge is -2.38. The first kappa shape index (κ1) is 23.4. The van der Waals surface area contributed by atoms with Crippen molar-refractivity contribution in [3.8, 4) is 0 Å². The van der Waals surface area contributed by atoms with Crippen LogP contribution in [0.2, 0.25) is 0 Å². The Labute approximate surface area is 209 Å². The summed E-state index contributed by atoms with van der Waals surface area (Å²) in [4.78, 5) is 36.7. The maximum absolute atomic E-state index is 13.5. The summed E-state index contributed by atoms with van der Waals surface area (Å²) in [5.41, 5.74) is 4.90. The number of thioether (sulfide) groups is 1. The number of fused-ring (bicyclic) bond motifs is 1. The third kappa shape index (κ3) is 4.65. The van der Waals surface area contributed by atoms with E-state index < -0.39 is 5.92 Å². The monoisotopic (exact) mass is 486 g/mol. The molecule has 5 rings (SSSR count). The summed E-state index contributed by atoms with van der Waals surface area (Å²) in [5, 5.41) is 3.97. The Morgan fingerprint density at radius 1 is 1.03 bits per heavy atom. The minimum Gasteiger partial charge on any atom is -0.378 e. The van der Waals surface area contributed by atoms with Gasteiger partial charge in [0.1, 0.15) is 5.82 Å². The highest BCUT2D eigenvalue weighted by molar-refractivity contribution is 7.98. The number of allylic oxidation sites excluding steroid dienone is 2. The average molecular weight is 487 g/mol. The second-order valence-corrected chi connectivity index (χ2v) is 11.2. The number of benzene rings is 2. The quantitative estimate of drug-likeness (QED) is 0.375. The first-order chi connectivity index (χ1) is 16.7. The standard InChI is InChI=1S/C28H30N4O2S/c1-28(2)14-20-23(21(33)15-28)22(18-10-12-19(13-11-18)32(3)4)24-25(29-20)30-27(31-26(24)34)35-16-17-8-6-5-7-9-17/h5-13,22H,14-16H2,1-4H3,(H2,29,30,31,34)/t22-/m0/s1. The second kappa shape index (κ2) is 9.04. The van der Waals surface area contributed by atoms with Gasteiger partial charge in [0.25, 0.3) is 5.56 Å². The molecule has 0 fully saturated rings. The van der Waals surface area contributed by atoms with Gasteiger partial charge in [-0.2, -0.15) is 0 Å². The number of H-pyrrole nitrogens is 1. The van der Waals surface area contributed by atoms with E-state index in [0.29, 0.717) is 34.3 Å². The molecular weight excluding hydrogens is 456 g/mol. The van der Waals surface area contributed by atoms with E-state index in [-0.39, 0.29) is 16.8 Å². The maximum atomic E-state index is 13.5. The van der Waals surface area contributed by atoms with Crippen LogP contribution in [0.1, 0.15) is 49.3 Å². The summed E-state index contributed by atoms with van der Waals surface area (Å²) >= 11 is 1.50. The number of Topliss-reactive ketones (excluding diaryl/α,β-unsaturated/α-hetero) is 1. The molecule has 0 radical (unpaired) electrons. The summed E-state index contributed by atoms with van der Waals surface area (Å²) < 4.78 is 0. The van der Waals surface area contributed by atoms with Gasteiger partial charge < -0.3 is 15.2 Å². The second-order valence-electron chi connectivity index (χ2n) is 10.3. The van der Waals surface area contributed by atoms with Crippen LogP contribution in [0.15, 0.2) is 75.8 Å². The Morgan fingerprint density at radius 3 is 2.43 bits per heavy atom. The molecule has 0 saturated heterocycles. The average Bonchev–Trinajstić information content (AvgIpc) is 2.81. The molecular formula is C28H30N4O2S. The van der Waals surface area contributed by atoms with Crippen molar-refractivity contribution in [2.24, 2.45) is 5.41 Å². The first-order valence-corrected chi connectivity index (χ1v) is 12.8. The number of hydrogen-bond donors (Lipinski definition) is 2. The number of nitrogens with zero attached hydrogens (tertiary/aromatic N) is 2. The number of carbonyl (C=O) groups excluding carboxylic acids is 1. The molecule has 2 aromatic carbocycles. The predicted molar refractivity (Wildman–Crippen MR) is 142 cm³/mol. The van der Waals surface area contributed by atoms with E-state index in [1.54, 1.807) is 0 Å². The van der Waals surface area contributed by atoms with Crippen LogP contribution in [0, 0.1) is 5.41 Å². The van der Waals surface area contributed by atoms with Gasteiger partial charge in [-0.15, -0.1) is 0 Å². The van der Waals surface area contributed by atoms with Crippen LogP contribution in [-0.4, -0.2) is 29.8 Å². The van der Waals surface area contributed by atoms with Crippen LogP contribution in [0.25, 0.3) is 0 Å². The van der Waals surface area contributed by atoms with E-state index in [9.17, 15) is 9.59 Å². The number of ketones is 1. The lowest BCUT2D eigenvalue weighted by molar-refractivity contribution is -0.118. The van der Waals surface area contributed by atoms with Crippen molar-refractivity contribution >= 4 is 29.1 Å². The number of anilines is 2. The van der Waals surface area contributed by atoms with Crippen molar-refractivity contribution in [2.45, 2.75) is 43.5 Å². The lowest BCUT2D eigenvalue weighted by atomic mass is 9.69. The summed E-state index contributed by atoms with van der Waals surface area (Å²) in [6, 6.07) is 18.2. The number of rotatable bonds is 5. The first-order valence-electron chi connectivity index (χ1n) is 11.8. The van der Waals surface area contributed by atoms with E-state index in [2.05, 4.69) is 36.3 Å². The molecule has 7 heteroatoms. The van der Waals surface area contributed by atoms with Crippen molar-refractivity contribution in [2.75, 3.05) is 24.3 Å². The van der Waals surface area contributed by atoms with Crippen LogP contribution in [0.5, 0.6) is 0 Å². The molecule has 3 aromatic rings. The van der Waals surface area contributed by atoms with Crippen LogP contribution < -0.4 is 15.8 Å². The molecule has 2 aliphatic rings. The molecule has 1 aromatic heterocycles. The summed E-state index contributed by atoms with van der Waals surface area (Å²) in [5.74, 6) is 0.913. The SMILES string of the molecule is CN(C)c1ccc([C@H]2C3=C(CC(C)(C)CC3=O)Nc3nc(SCc4ccccc4)[nH]c(=O)c32)cc1. The fourth-order valence-corrected chi connectivity index (χ4v) is 5.80. The van der Waals surface area contributed by atoms with E-state index in [1.165, 1.54) is 11.8 Å². The fraction of sp³-hybridized carbons (Fsp3) is 0.321. The Hall–Kier alpha value is -3.32. The Bertz CT molecular complexity index is 1360. The summed E-state index contributed by atoms with van der Waals surface area (Å²) in [6.45, 7) is 4.22. The van der Waals surface area contributed by atoms with E-state index in [0.717, 1.165) is 28.9 Å². The molecule has 1 aliphatic heterocycles. The molecule has 0 amide bonds. The van der Waals surface area contributed by atoms with Gasteiger partial charge in [0.2, 0.25) is 0 Å². The number of aromatic amines is 1. The van der Waals surface area contributed by atoms with Crippen molar-refractivity contribution in [1.82, 2.24) is 9.97 Å². The van der Waals surface area contributed by atoms with Gasteiger partial charge in [-0.3, -0.25) is 9.59 Å². The Balaban J connectivity index is 1.59. The van der Waals surface area contributed by atoms with E-state index in [4.69, 9.17) is 4.98 Å². The number of aromatic nitrogens is 2. The van der Waals surface area contributed by atoms with Gasteiger partial charge in [-0.05, 0) is 35.1 Å². The van der Waals surface area contributed by atoms with Crippen LogP contribution >= 0.6 is 11.8 Å². The molecule has 35 heavy (non-hydrogen) atoms. The highest BCUT2D eigenvalue weighted by Crippen LogP contribution is 2.47. The van der Waals surface area contributed by atoms with Crippen molar-refractivity contribution < 1.29 is 4.79 Å². The van der Waals surface area contributed by atoms with Crippen LogP contribution in [0.3, 0.4) is 0 Å². The third-order valence-electron chi connectivity index (χ3n) is 6.66. The maximum Gasteiger partial charge on any atom is 0.257 e. The van der Waals surface area contributed by atoms with Crippen molar-refractivity contribution in [3.05, 3.63) is 92.9 Å². The normalized spacial score (nSPS) is 18.5. The zero-order valence-corrected chi connectivity index (χ0v) is 21.3. The highest BCUT2D eigenvalue weighted by atomic mass is 32.2. The summed E-state index contributed by atoms with van der Waals surface area (Å²) in [7, 11) is 3.98. The van der Waals surface area contributed by atoms with E-state index >= 15 is 0 Å². The Morgan fingerprint density at radius 2 is 1.74 bits per heavy atom. The third-order valence-corrected chi connectivity index (χ3v) is 7.61. The minimum atomic E-state index is -0.439. The Kier molecular flexibility index (Phi) is 6.05. The molecule has 0 unspecified atom stereocenters. The fourth-order valence-electron chi connectivity index (χ4n) is 4.99. The smallest absolute Gasteiger partial charge is 0.257 e. The van der Waals surface area contributed by atoms with Crippen molar-refractivity contribution in [3.63, 3.8) is 0 Å². The molecule has 1 atom stereocenters. The van der Waals surface area contributed by atoms with Gasteiger partial charge in [-0.25, -0.2) is 4.98 Å². The minimum absolute atomic E-state index is 0.0954. The zero-order chi connectivity index (χ0) is 24.7. The van der Waals surface area contributed by atoms with Gasteiger partial charge >= 0.3 is 0 Å². The van der Waals surface area contributed by atoms with Gasteiger partial charge in [0.15, 0.2) is 10.9 Å². The molecule has 0 saturated carbocycles. The van der Waals surface area contributed by atoms with Crippen LogP contribution in [0.4, 0.5) is 11.5 Å².